The van der Waals surface area contributed by atoms with E-state index in [-0.39, 0.29) is 0 Å². The highest BCUT2D eigenvalue weighted by Crippen LogP contribution is 2.24. The van der Waals surface area contributed by atoms with Crippen molar-refractivity contribution in [2.75, 3.05) is 32.7 Å². The van der Waals surface area contributed by atoms with E-state index in [4.69, 9.17) is 11.6 Å². The lowest BCUT2D eigenvalue weighted by Crippen LogP contribution is -2.45. The predicted molar refractivity (Wildman–Crippen MR) is 109 cm³/mol. The lowest BCUT2D eigenvalue weighted by molar-refractivity contribution is 0.298. The van der Waals surface area contributed by atoms with Crippen molar-refractivity contribution >= 4 is 37.2 Å². The van der Waals surface area contributed by atoms with Crippen LogP contribution in [0.15, 0.2) is 47.2 Å². The standard InChI is InChI=1S/C18H22ClN6P/c19-13-10-21-11-15(18(13)25-5-3-20-4-6-25)24-9-12-7-14-17(16(26)8-12)23-2-1-22-14/h1-2,7-8,11,20-21,24H,3-6,9-10,26H2. The highest BCUT2D eigenvalue weighted by molar-refractivity contribution is 7.28. The summed E-state index contributed by atoms with van der Waals surface area (Å²) < 4.78 is 0. The molecule has 2 aliphatic heterocycles. The maximum Gasteiger partial charge on any atom is 0.0958 e. The van der Waals surface area contributed by atoms with Crippen LogP contribution in [0.4, 0.5) is 0 Å². The first-order chi connectivity index (χ1) is 12.7. The van der Waals surface area contributed by atoms with E-state index in [0.717, 1.165) is 64.5 Å². The Hall–Kier alpha value is -1.88. The first-order valence-corrected chi connectivity index (χ1v) is 9.69. The van der Waals surface area contributed by atoms with E-state index in [9.17, 15) is 0 Å². The molecule has 1 fully saturated rings. The molecule has 1 unspecified atom stereocenters. The second kappa shape index (κ2) is 7.78. The lowest BCUT2D eigenvalue weighted by atomic mass is 10.1. The molecule has 2 aromatic rings. The molecule has 0 radical (unpaired) electrons. The smallest absolute Gasteiger partial charge is 0.0958 e. The summed E-state index contributed by atoms with van der Waals surface area (Å²) >= 11 is 6.55. The van der Waals surface area contributed by atoms with Crippen LogP contribution in [0.25, 0.3) is 11.0 Å². The number of halogens is 1. The van der Waals surface area contributed by atoms with Gasteiger partial charge in [-0.2, -0.15) is 0 Å². The summed E-state index contributed by atoms with van der Waals surface area (Å²) in [7, 11) is 2.75. The second-order valence-electron chi connectivity index (χ2n) is 6.39. The Labute approximate surface area is 160 Å². The van der Waals surface area contributed by atoms with Crippen LogP contribution in [-0.2, 0) is 6.54 Å². The topological polar surface area (TPSA) is 65.1 Å². The quantitative estimate of drug-likeness (QED) is 0.680. The fourth-order valence-corrected chi connectivity index (χ4v) is 4.10. The van der Waals surface area contributed by atoms with Gasteiger partial charge in [0.25, 0.3) is 0 Å². The van der Waals surface area contributed by atoms with Crippen LogP contribution in [-0.4, -0.2) is 47.6 Å². The summed E-state index contributed by atoms with van der Waals surface area (Å²) in [6.45, 7) is 5.26. The van der Waals surface area contributed by atoms with Crippen molar-refractivity contribution in [1.82, 2.24) is 30.8 Å². The van der Waals surface area contributed by atoms with Gasteiger partial charge in [0.1, 0.15) is 0 Å². The molecule has 0 aliphatic carbocycles. The van der Waals surface area contributed by atoms with Gasteiger partial charge in [-0.15, -0.1) is 9.24 Å². The first-order valence-electron chi connectivity index (χ1n) is 8.73. The summed E-state index contributed by atoms with van der Waals surface area (Å²) in [5.41, 5.74) is 5.13. The Bertz CT molecular complexity index is 875. The molecule has 136 valence electrons. The fraction of sp³-hybridized carbons (Fsp3) is 0.333. The lowest BCUT2D eigenvalue weighted by Gasteiger charge is -2.35. The SMILES string of the molecule is Pc1cc(CNC2=CNCC(Cl)=C2N2CCNCC2)cc2nccnc12. The summed E-state index contributed by atoms with van der Waals surface area (Å²) in [4.78, 5) is 11.2. The molecular formula is C18H22ClN6P. The number of benzene rings is 1. The molecule has 4 rings (SSSR count). The Balaban J connectivity index is 1.54. The number of aromatic nitrogens is 2. The van der Waals surface area contributed by atoms with E-state index in [2.05, 4.69) is 52.2 Å². The van der Waals surface area contributed by atoms with E-state index in [1.807, 2.05) is 6.20 Å². The van der Waals surface area contributed by atoms with Crippen molar-refractivity contribution in [2.24, 2.45) is 0 Å². The van der Waals surface area contributed by atoms with E-state index in [1.165, 1.54) is 0 Å². The molecule has 1 aromatic heterocycles. The normalized spacial score (nSPS) is 17.9. The Morgan fingerprint density at radius 3 is 2.85 bits per heavy atom. The van der Waals surface area contributed by atoms with Gasteiger partial charge in [-0.3, -0.25) is 9.97 Å². The van der Waals surface area contributed by atoms with Gasteiger partial charge in [0.15, 0.2) is 0 Å². The number of nitrogens with one attached hydrogen (secondary N) is 3. The summed E-state index contributed by atoms with van der Waals surface area (Å²) in [6, 6.07) is 4.21. The molecule has 0 bridgehead atoms. The minimum atomic E-state index is 0.674. The maximum absolute atomic E-state index is 6.55. The second-order valence-corrected chi connectivity index (χ2v) is 7.47. The van der Waals surface area contributed by atoms with E-state index >= 15 is 0 Å². The van der Waals surface area contributed by atoms with Gasteiger partial charge in [-0.25, -0.2) is 0 Å². The average molecular weight is 389 g/mol. The first kappa shape index (κ1) is 17.5. The van der Waals surface area contributed by atoms with Crippen LogP contribution < -0.4 is 21.3 Å². The zero-order valence-corrected chi connectivity index (χ0v) is 16.3. The minimum absolute atomic E-state index is 0.674. The fourth-order valence-electron chi connectivity index (χ4n) is 3.37. The monoisotopic (exact) mass is 388 g/mol. The van der Waals surface area contributed by atoms with Crippen molar-refractivity contribution < 1.29 is 0 Å². The Kier molecular flexibility index (Phi) is 5.25. The highest BCUT2D eigenvalue weighted by Gasteiger charge is 2.22. The van der Waals surface area contributed by atoms with E-state index in [0.29, 0.717) is 13.1 Å². The number of hydrogen-bond donors (Lipinski definition) is 3. The van der Waals surface area contributed by atoms with Crippen LogP contribution in [0.2, 0.25) is 0 Å². The predicted octanol–water partition coefficient (Wildman–Crippen LogP) is 1.02. The third-order valence-electron chi connectivity index (χ3n) is 4.59. The summed E-state index contributed by atoms with van der Waals surface area (Å²) in [5, 5.41) is 12.1. The maximum atomic E-state index is 6.55. The molecule has 3 N–H and O–H groups in total. The van der Waals surface area contributed by atoms with Crippen LogP contribution in [0, 0.1) is 0 Å². The molecule has 6 nitrogen and oxygen atoms in total. The number of piperazine rings is 1. The molecule has 8 heteroatoms. The van der Waals surface area contributed by atoms with E-state index in [1.54, 1.807) is 12.4 Å². The zero-order valence-electron chi connectivity index (χ0n) is 14.4. The molecular weight excluding hydrogens is 367 g/mol. The Morgan fingerprint density at radius 1 is 1.19 bits per heavy atom. The van der Waals surface area contributed by atoms with Gasteiger partial charge in [0, 0.05) is 51.3 Å². The third-order valence-corrected chi connectivity index (χ3v) is 5.35. The van der Waals surface area contributed by atoms with Crippen molar-refractivity contribution in [3.63, 3.8) is 0 Å². The van der Waals surface area contributed by atoms with Gasteiger partial charge in [-0.1, -0.05) is 11.6 Å². The minimum Gasteiger partial charge on any atom is -0.384 e. The number of fused-ring (bicyclic) bond motifs is 1. The van der Waals surface area contributed by atoms with Gasteiger partial charge in [0.05, 0.1) is 34.0 Å². The number of hydrogen-bond acceptors (Lipinski definition) is 6. The third kappa shape index (κ3) is 3.63. The molecule has 2 aliphatic rings. The molecule has 0 saturated carbocycles. The van der Waals surface area contributed by atoms with Gasteiger partial charge in [-0.05, 0) is 23.0 Å². The molecule has 3 heterocycles. The largest absolute Gasteiger partial charge is 0.384 e. The molecule has 1 aromatic carbocycles. The molecule has 1 atom stereocenters. The van der Waals surface area contributed by atoms with Crippen molar-refractivity contribution in [3.05, 3.63) is 52.7 Å². The highest BCUT2D eigenvalue weighted by atomic mass is 35.5. The van der Waals surface area contributed by atoms with Crippen molar-refractivity contribution in [1.29, 1.82) is 0 Å². The van der Waals surface area contributed by atoms with Crippen LogP contribution in [0.3, 0.4) is 0 Å². The molecule has 0 amide bonds. The van der Waals surface area contributed by atoms with Crippen LogP contribution in [0.1, 0.15) is 5.56 Å². The van der Waals surface area contributed by atoms with Crippen LogP contribution >= 0.6 is 20.8 Å². The average Bonchev–Trinajstić information content (AvgIpc) is 2.67. The molecule has 26 heavy (non-hydrogen) atoms. The van der Waals surface area contributed by atoms with E-state index < -0.39 is 0 Å². The van der Waals surface area contributed by atoms with Crippen LogP contribution in [0.5, 0.6) is 0 Å². The van der Waals surface area contributed by atoms with Gasteiger partial charge < -0.3 is 20.9 Å². The number of rotatable bonds is 4. The summed E-state index contributed by atoms with van der Waals surface area (Å²) in [5.74, 6) is 0. The summed E-state index contributed by atoms with van der Waals surface area (Å²) in [6.07, 6.45) is 5.47. The number of nitrogens with zero attached hydrogens (tertiary/aromatic N) is 3. The van der Waals surface area contributed by atoms with Gasteiger partial charge >= 0.3 is 0 Å². The number of dihydropyridines is 1. The molecule has 0 spiro atoms. The Morgan fingerprint density at radius 2 is 2.00 bits per heavy atom. The van der Waals surface area contributed by atoms with Gasteiger partial charge in [0.2, 0.25) is 0 Å². The zero-order chi connectivity index (χ0) is 17.9. The van der Waals surface area contributed by atoms with Crippen molar-refractivity contribution in [3.8, 4) is 0 Å². The van der Waals surface area contributed by atoms with Crippen molar-refractivity contribution in [2.45, 2.75) is 6.54 Å². The molecule has 1 saturated heterocycles.